The first kappa shape index (κ1) is 44.5. The molecule has 0 aliphatic carbocycles. The van der Waals surface area contributed by atoms with Crippen molar-refractivity contribution in [2.24, 2.45) is 0 Å². The highest BCUT2D eigenvalue weighted by Crippen LogP contribution is 2.41. The van der Waals surface area contributed by atoms with Crippen LogP contribution in [0.4, 0.5) is 10.1 Å². The number of aliphatic hydroxyl groups is 2. The zero-order valence-electron chi connectivity index (χ0n) is 31.8. The summed E-state index contributed by atoms with van der Waals surface area (Å²) in [5, 5.41) is 44.0. The van der Waals surface area contributed by atoms with Crippen molar-refractivity contribution in [1.82, 2.24) is 4.57 Å². The number of allylic oxidation sites excluding steroid dienone is 5. The van der Waals surface area contributed by atoms with Crippen LogP contribution in [0.1, 0.15) is 87.3 Å². The number of amides is 1. The summed E-state index contributed by atoms with van der Waals surface area (Å²) < 4.78 is 21.3. The second-order valence-corrected chi connectivity index (χ2v) is 13.3. The molecule has 15 nitrogen and oxygen atoms in total. The quantitative estimate of drug-likeness (QED) is 0.0288. The van der Waals surface area contributed by atoms with Gasteiger partial charge in [-0.3, -0.25) is 9.59 Å². The van der Waals surface area contributed by atoms with Crippen LogP contribution in [0.3, 0.4) is 0 Å². The summed E-state index contributed by atoms with van der Waals surface area (Å²) in [6.45, 7) is 10.8. The fourth-order valence-electron chi connectivity index (χ4n) is 6.33. The van der Waals surface area contributed by atoms with Gasteiger partial charge in [0, 0.05) is 23.5 Å². The molecule has 0 radical (unpaired) electrons. The van der Waals surface area contributed by atoms with Crippen molar-refractivity contribution in [3.05, 3.63) is 128 Å². The first-order valence-corrected chi connectivity index (χ1v) is 18.1. The van der Waals surface area contributed by atoms with Gasteiger partial charge in [0.15, 0.2) is 0 Å². The third kappa shape index (κ3) is 13.2. The zero-order chi connectivity index (χ0) is 41.4. The second-order valence-electron chi connectivity index (χ2n) is 13.3. The summed E-state index contributed by atoms with van der Waals surface area (Å²) in [6.07, 6.45) is 1.55. The Kier molecular flexibility index (Phi) is 17.4. The molecular formula is C40H49FN4O11. The molecule has 0 aliphatic rings. The number of carbonyl (C=O) groups excluding carboxylic acids is 2. The highest BCUT2D eigenvalue weighted by atomic mass is 19.1. The number of nitrogens with zero attached hydrogens (tertiary/aromatic N) is 3. The van der Waals surface area contributed by atoms with Crippen molar-refractivity contribution in [3.8, 4) is 11.3 Å². The lowest BCUT2D eigenvalue weighted by Gasteiger charge is -2.21. The molecule has 2 aromatic carbocycles. The number of aliphatic hydroxyl groups excluding tert-OH is 2. The minimum absolute atomic E-state index is 0.0465. The van der Waals surface area contributed by atoms with Gasteiger partial charge in [-0.05, 0) is 93.0 Å². The van der Waals surface area contributed by atoms with Crippen molar-refractivity contribution in [1.29, 1.82) is 0 Å². The predicted octanol–water partition coefficient (Wildman–Crippen LogP) is 7.20. The number of para-hydroxylation sites is 1. The molecule has 56 heavy (non-hydrogen) atoms. The maximum Gasteiger partial charge on any atom is 0.308 e. The van der Waals surface area contributed by atoms with Crippen LogP contribution in [0.2, 0.25) is 0 Å². The van der Waals surface area contributed by atoms with Gasteiger partial charge in [0.2, 0.25) is 0 Å². The molecule has 4 atom stereocenters. The molecule has 0 aliphatic heterocycles. The summed E-state index contributed by atoms with van der Waals surface area (Å²) in [6, 6.07) is 14.9. The summed E-state index contributed by atoms with van der Waals surface area (Å²) in [5.41, 5.74) is 4.13. The number of hydrogen-bond donors (Lipinski definition) is 3. The lowest BCUT2D eigenvalue weighted by molar-refractivity contribution is -0.798. The Hall–Kier alpha value is -5.87. The van der Waals surface area contributed by atoms with Crippen LogP contribution in [0.15, 0.2) is 85.5 Å². The highest BCUT2D eigenvalue weighted by molar-refractivity contribution is 6.11. The van der Waals surface area contributed by atoms with Crippen LogP contribution >= 0.6 is 0 Å². The highest BCUT2D eigenvalue weighted by Gasteiger charge is 2.31. The van der Waals surface area contributed by atoms with E-state index in [0.717, 1.165) is 0 Å². The molecule has 0 saturated heterocycles. The summed E-state index contributed by atoms with van der Waals surface area (Å²) >= 11 is 0. The Morgan fingerprint density at radius 3 is 2.21 bits per heavy atom. The van der Waals surface area contributed by atoms with Crippen molar-refractivity contribution in [3.63, 3.8) is 0 Å². The smallest absolute Gasteiger partial charge is 0.308 e. The molecule has 1 heterocycles. The first-order valence-electron chi connectivity index (χ1n) is 18.1. The van der Waals surface area contributed by atoms with Crippen LogP contribution < -0.4 is 5.32 Å². The van der Waals surface area contributed by atoms with Crippen LogP contribution in [-0.2, 0) is 25.8 Å². The van der Waals surface area contributed by atoms with E-state index in [1.54, 1.807) is 48.6 Å². The van der Waals surface area contributed by atoms with E-state index in [1.165, 1.54) is 19.1 Å². The van der Waals surface area contributed by atoms with Crippen LogP contribution in [0.5, 0.6) is 0 Å². The molecule has 0 fully saturated rings. The van der Waals surface area contributed by atoms with Crippen molar-refractivity contribution in [2.45, 2.75) is 96.7 Å². The number of ether oxygens (including phenoxy) is 1. The fraction of sp³-hybridized carbons (Fsp3) is 0.400. The zero-order valence-corrected chi connectivity index (χ0v) is 31.8. The number of nitrogens with one attached hydrogen (secondary N) is 1. The van der Waals surface area contributed by atoms with Crippen molar-refractivity contribution < 1.29 is 48.8 Å². The molecule has 3 rings (SSSR count). The van der Waals surface area contributed by atoms with Gasteiger partial charge < -0.3 is 34.5 Å². The maximum absolute atomic E-state index is 14.3. The number of aromatic nitrogens is 1. The molecule has 1 aromatic heterocycles. The summed E-state index contributed by atoms with van der Waals surface area (Å²) in [7, 11) is 0. The van der Waals surface area contributed by atoms with E-state index >= 15 is 0 Å². The van der Waals surface area contributed by atoms with Gasteiger partial charge in [-0.2, -0.15) is 0 Å². The molecule has 16 heteroatoms. The van der Waals surface area contributed by atoms with Gasteiger partial charge in [-0.15, -0.1) is 20.2 Å². The van der Waals surface area contributed by atoms with E-state index in [9.17, 15) is 44.4 Å². The maximum atomic E-state index is 14.3. The number of benzene rings is 2. The predicted molar refractivity (Wildman–Crippen MR) is 207 cm³/mol. The van der Waals surface area contributed by atoms with Gasteiger partial charge in [0.25, 0.3) is 16.1 Å². The van der Waals surface area contributed by atoms with E-state index in [0.29, 0.717) is 39.3 Å². The summed E-state index contributed by atoms with van der Waals surface area (Å²) in [5.74, 6) is -1.81. The topological polar surface area (TPSA) is 206 Å². The second kappa shape index (κ2) is 21.9. The molecule has 2 unspecified atom stereocenters. The van der Waals surface area contributed by atoms with Crippen molar-refractivity contribution in [2.75, 3.05) is 11.9 Å². The summed E-state index contributed by atoms with van der Waals surface area (Å²) in [4.78, 5) is 56.9. The van der Waals surface area contributed by atoms with E-state index in [2.05, 4.69) is 21.6 Å². The third-order valence-electron chi connectivity index (χ3n) is 8.68. The average molecular weight is 781 g/mol. The number of hydrogen-bond acceptors (Lipinski definition) is 11. The molecule has 3 aromatic rings. The number of anilines is 1. The van der Waals surface area contributed by atoms with Gasteiger partial charge in [0.05, 0.1) is 36.5 Å². The van der Waals surface area contributed by atoms with Gasteiger partial charge in [0.1, 0.15) is 18.0 Å². The van der Waals surface area contributed by atoms with Crippen molar-refractivity contribution >= 4 is 23.1 Å². The lowest BCUT2D eigenvalue weighted by Crippen LogP contribution is -2.33. The standard InChI is InChI=1S/C40H49FN4O11/c1-6-12-28(13-7-2)36-37(40(49)42-31-14-9-8-10-15-31)38(26(3)4)43(39(36)29-17-19-30(41)20-18-29)22-21-32(46)24-33(47)25-35(48)54-23-11-16-34(56-45(52)53)27(5)55-44(50)51/h6-10,12-15,17-20,26-27,32-34,46-47H,1,11,16,21-25H2,2-5H3,(H,42,49)/b13-7-,28-12+/t27?,32-,33-,34?/m1/s1. The monoisotopic (exact) mass is 780 g/mol. The number of carbonyl (C=O) groups is 2. The molecule has 1 amide bonds. The Bertz CT molecular complexity index is 1860. The van der Waals surface area contributed by atoms with Crippen LogP contribution in [0.25, 0.3) is 16.8 Å². The number of halogens is 1. The Morgan fingerprint density at radius 1 is 0.964 bits per heavy atom. The van der Waals surface area contributed by atoms with E-state index < -0.39 is 52.8 Å². The number of rotatable bonds is 23. The van der Waals surface area contributed by atoms with Crippen LogP contribution in [-0.4, -0.2) is 67.9 Å². The molecule has 0 saturated carbocycles. The van der Waals surface area contributed by atoms with Gasteiger partial charge in [-0.25, -0.2) is 4.39 Å². The fourth-order valence-corrected chi connectivity index (χ4v) is 6.33. The molecular weight excluding hydrogens is 731 g/mol. The normalized spacial score (nSPS) is 13.8. The van der Waals surface area contributed by atoms with Gasteiger partial charge >= 0.3 is 5.97 Å². The Balaban J connectivity index is 1.85. The van der Waals surface area contributed by atoms with Gasteiger partial charge in [-0.1, -0.05) is 62.9 Å². The largest absolute Gasteiger partial charge is 0.466 e. The Labute approximate surface area is 324 Å². The van der Waals surface area contributed by atoms with E-state index in [-0.39, 0.29) is 50.7 Å². The Morgan fingerprint density at radius 2 is 1.62 bits per heavy atom. The first-order chi connectivity index (χ1) is 26.7. The number of esters is 1. The van der Waals surface area contributed by atoms with E-state index in [4.69, 9.17) is 4.74 Å². The van der Waals surface area contributed by atoms with Crippen LogP contribution in [0, 0.1) is 26.0 Å². The average Bonchev–Trinajstić information content (AvgIpc) is 3.47. The minimum Gasteiger partial charge on any atom is -0.466 e. The van der Waals surface area contributed by atoms with E-state index in [1.807, 2.05) is 43.6 Å². The molecule has 0 bridgehead atoms. The molecule has 302 valence electrons. The SMILES string of the molecule is C=C/C=C(\C=C/C)c1c(C(=O)Nc2ccccc2)c(C(C)C)n(CC[C@@H](O)C[C@@H](O)CC(=O)OCCCC(O[N+](=O)[O-])C(C)O[N+](=O)[O-])c1-c1ccc(F)cc1. The lowest BCUT2D eigenvalue weighted by atomic mass is 9.93. The molecule has 3 N–H and O–H groups in total. The third-order valence-corrected chi connectivity index (χ3v) is 8.68. The molecule has 0 spiro atoms. The minimum atomic E-state index is -1.29.